The molecule has 3 aromatic rings. The molecule has 1 atom stereocenters. The minimum absolute atomic E-state index is 0.117. The van der Waals surface area contributed by atoms with Gasteiger partial charge in [0.05, 0.1) is 24.2 Å². The van der Waals surface area contributed by atoms with Crippen LogP contribution in [0.5, 0.6) is 0 Å². The maximum atomic E-state index is 13.7. The van der Waals surface area contributed by atoms with Crippen LogP contribution in [0.3, 0.4) is 0 Å². The number of aromatic nitrogens is 4. The van der Waals surface area contributed by atoms with Crippen LogP contribution in [-0.2, 0) is 25.9 Å². The van der Waals surface area contributed by atoms with Gasteiger partial charge in [0, 0.05) is 38.4 Å². The average molecular weight is 621 g/mol. The highest BCUT2D eigenvalue weighted by molar-refractivity contribution is 5.64. The molecule has 2 aromatic carbocycles. The first-order chi connectivity index (χ1) is 20.7. The number of benzene rings is 2. The molecule has 1 saturated heterocycles. The van der Waals surface area contributed by atoms with Crippen LogP contribution >= 0.6 is 0 Å². The molecule has 1 unspecified atom stereocenters. The van der Waals surface area contributed by atoms with Gasteiger partial charge in [-0.2, -0.15) is 36.4 Å². The van der Waals surface area contributed by atoms with Gasteiger partial charge in [-0.15, -0.1) is 5.10 Å². The number of anilines is 2. The number of hydrogen-bond donors (Lipinski definition) is 0. The summed E-state index contributed by atoms with van der Waals surface area (Å²) >= 11 is 0. The van der Waals surface area contributed by atoms with Gasteiger partial charge >= 0.3 is 12.4 Å². The van der Waals surface area contributed by atoms with Crippen molar-refractivity contribution in [2.24, 2.45) is 13.0 Å². The Morgan fingerprint density at radius 3 is 2.16 bits per heavy atom. The van der Waals surface area contributed by atoms with E-state index in [4.69, 9.17) is 0 Å². The van der Waals surface area contributed by atoms with Crippen LogP contribution < -0.4 is 9.80 Å². The molecule has 0 saturated carbocycles. The van der Waals surface area contributed by atoms with Crippen molar-refractivity contribution in [3.63, 3.8) is 0 Å². The summed E-state index contributed by atoms with van der Waals surface area (Å²) in [7, 11) is 1.55. The van der Waals surface area contributed by atoms with Crippen molar-refractivity contribution in [1.29, 1.82) is 5.26 Å². The van der Waals surface area contributed by atoms with Gasteiger partial charge in [0.25, 0.3) is 5.95 Å². The third kappa shape index (κ3) is 6.87. The fourth-order valence-electron chi connectivity index (χ4n) is 6.47. The third-order valence-electron chi connectivity index (χ3n) is 8.42. The van der Waals surface area contributed by atoms with Crippen molar-refractivity contribution in [3.8, 4) is 6.19 Å². The molecule has 1 aromatic heterocycles. The summed E-state index contributed by atoms with van der Waals surface area (Å²) in [5.74, 6) is 0.499. The van der Waals surface area contributed by atoms with Crippen LogP contribution in [0.2, 0.25) is 0 Å². The Labute approximate surface area is 251 Å². The summed E-state index contributed by atoms with van der Waals surface area (Å²) in [4.78, 5) is 7.01. The molecule has 44 heavy (non-hydrogen) atoms. The zero-order valence-corrected chi connectivity index (χ0v) is 24.8. The molecule has 0 N–H and O–H groups in total. The van der Waals surface area contributed by atoms with Crippen LogP contribution in [0.4, 0.5) is 38.0 Å². The molecule has 0 spiro atoms. The fourth-order valence-corrected chi connectivity index (χ4v) is 6.47. The molecular formula is C30H34F6N8. The Morgan fingerprint density at radius 2 is 1.59 bits per heavy atom. The Bertz CT molecular complexity index is 1480. The smallest absolute Gasteiger partial charge is 0.371 e. The maximum Gasteiger partial charge on any atom is 0.416 e. The standard InChI is InChI=1S/C30H34F6N8/c1-19-11-20(2)27-25(12-19)26(5-4-8-43(27)16-21-6-9-42(18-37)10-7-21)44(28-38-40-41(3)39-28)17-22-13-23(29(31,32)33)15-24(14-22)30(34,35)36/h11-15,21,26H,4-10,16-17H2,1-3H3. The van der Waals surface area contributed by atoms with E-state index in [1.165, 1.54) is 4.80 Å². The summed E-state index contributed by atoms with van der Waals surface area (Å²) in [6.45, 7) is 6.63. The van der Waals surface area contributed by atoms with E-state index in [0.717, 1.165) is 66.9 Å². The molecular weight excluding hydrogens is 586 g/mol. The number of halogens is 6. The Morgan fingerprint density at radius 1 is 0.932 bits per heavy atom. The molecule has 0 aliphatic carbocycles. The van der Waals surface area contributed by atoms with Gasteiger partial charge in [-0.25, -0.2) is 0 Å². The van der Waals surface area contributed by atoms with E-state index in [2.05, 4.69) is 32.6 Å². The van der Waals surface area contributed by atoms with E-state index in [-0.39, 0.29) is 24.1 Å². The average Bonchev–Trinajstić information content (AvgIpc) is 3.30. The van der Waals surface area contributed by atoms with E-state index in [1.807, 2.05) is 19.9 Å². The lowest BCUT2D eigenvalue weighted by Gasteiger charge is -2.36. The third-order valence-corrected chi connectivity index (χ3v) is 8.42. The number of nitrogens with zero attached hydrogens (tertiary/aromatic N) is 8. The predicted octanol–water partition coefficient (Wildman–Crippen LogP) is 6.41. The lowest BCUT2D eigenvalue weighted by Crippen LogP contribution is -2.37. The number of likely N-dealkylation sites (tertiary alicyclic amines) is 1. The van der Waals surface area contributed by atoms with Gasteiger partial charge in [-0.05, 0) is 85.6 Å². The highest BCUT2D eigenvalue weighted by Gasteiger charge is 2.38. The second-order valence-electron chi connectivity index (χ2n) is 11.8. The fraction of sp³-hybridized carbons (Fsp3) is 0.533. The van der Waals surface area contributed by atoms with E-state index < -0.39 is 29.5 Å². The number of piperidine rings is 1. The molecule has 0 radical (unpaired) electrons. The van der Waals surface area contributed by atoms with Gasteiger partial charge in [0.15, 0.2) is 6.19 Å². The van der Waals surface area contributed by atoms with Crippen LogP contribution in [0.1, 0.15) is 65.1 Å². The van der Waals surface area contributed by atoms with E-state index >= 15 is 0 Å². The van der Waals surface area contributed by atoms with Crippen molar-refractivity contribution in [1.82, 2.24) is 25.1 Å². The summed E-state index contributed by atoms with van der Waals surface area (Å²) in [5, 5.41) is 21.7. The number of nitriles is 1. The summed E-state index contributed by atoms with van der Waals surface area (Å²) < 4.78 is 82.4. The first kappa shape index (κ1) is 31.4. The number of rotatable bonds is 6. The molecule has 0 amide bonds. The molecule has 0 bridgehead atoms. The first-order valence-corrected chi connectivity index (χ1v) is 14.5. The minimum Gasteiger partial charge on any atom is -0.371 e. The Hall–Kier alpha value is -4.02. The number of aryl methyl sites for hydroxylation is 3. The monoisotopic (exact) mass is 620 g/mol. The van der Waals surface area contributed by atoms with Gasteiger partial charge in [-0.1, -0.05) is 22.8 Å². The minimum atomic E-state index is -4.96. The van der Waals surface area contributed by atoms with Crippen LogP contribution in [0.15, 0.2) is 30.3 Å². The summed E-state index contributed by atoms with van der Waals surface area (Å²) in [5.41, 5.74) is 1.07. The molecule has 8 nitrogen and oxygen atoms in total. The molecule has 5 rings (SSSR count). The van der Waals surface area contributed by atoms with Gasteiger partial charge < -0.3 is 14.7 Å². The van der Waals surface area contributed by atoms with E-state index in [1.54, 1.807) is 16.8 Å². The van der Waals surface area contributed by atoms with Gasteiger partial charge in [0.2, 0.25) is 0 Å². The normalized spacial score (nSPS) is 18.1. The van der Waals surface area contributed by atoms with Crippen LogP contribution in [0.25, 0.3) is 0 Å². The van der Waals surface area contributed by atoms with E-state index in [0.29, 0.717) is 25.4 Å². The Kier molecular flexibility index (Phi) is 8.68. The first-order valence-electron chi connectivity index (χ1n) is 14.5. The number of fused-ring (bicyclic) bond motifs is 1. The summed E-state index contributed by atoms with van der Waals surface area (Å²) in [6.07, 6.45) is -4.63. The predicted molar refractivity (Wildman–Crippen MR) is 151 cm³/mol. The topological polar surface area (TPSA) is 77.1 Å². The van der Waals surface area contributed by atoms with Crippen LogP contribution in [0, 0.1) is 31.2 Å². The SMILES string of the molecule is Cc1cc(C)c2c(c1)C(N(Cc1cc(C(F)(F)F)cc(C(F)(F)F)c1)c1nnn(C)n1)CCCN2CC1CCN(C#N)CC1. The van der Waals surface area contributed by atoms with Crippen molar-refractivity contribution < 1.29 is 26.3 Å². The molecule has 2 aliphatic heterocycles. The maximum absolute atomic E-state index is 13.7. The molecule has 236 valence electrons. The van der Waals surface area contributed by atoms with Crippen molar-refractivity contribution in [2.45, 2.75) is 64.5 Å². The highest BCUT2D eigenvalue weighted by Crippen LogP contribution is 2.43. The zero-order chi connectivity index (χ0) is 31.8. The lowest BCUT2D eigenvalue weighted by atomic mass is 9.93. The van der Waals surface area contributed by atoms with Gasteiger partial charge in [-0.3, -0.25) is 0 Å². The second kappa shape index (κ2) is 12.2. The van der Waals surface area contributed by atoms with Gasteiger partial charge in [0.1, 0.15) is 0 Å². The number of alkyl halides is 6. The molecule has 1 fully saturated rings. The number of hydrogen-bond acceptors (Lipinski definition) is 7. The lowest BCUT2D eigenvalue weighted by molar-refractivity contribution is -0.143. The Balaban J connectivity index is 1.57. The van der Waals surface area contributed by atoms with Crippen molar-refractivity contribution in [2.75, 3.05) is 36.0 Å². The van der Waals surface area contributed by atoms with Crippen LogP contribution in [-0.4, -0.2) is 51.3 Å². The summed E-state index contributed by atoms with van der Waals surface area (Å²) in [6, 6.07) is 5.35. The zero-order valence-electron chi connectivity index (χ0n) is 24.8. The highest BCUT2D eigenvalue weighted by atomic mass is 19.4. The van der Waals surface area contributed by atoms with Crippen molar-refractivity contribution >= 4 is 11.6 Å². The second-order valence-corrected chi connectivity index (χ2v) is 11.8. The van der Waals surface area contributed by atoms with Crippen molar-refractivity contribution in [3.05, 3.63) is 63.7 Å². The van der Waals surface area contributed by atoms with E-state index in [9.17, 15) is 31.6 Å². The molecule has 2 aliphatic rings. The largest absolute Gasteiger partial charge is 0.416 e. The molecule has 14 heteroatoms. The molecule has 3 heterocycles. The number of tetrazole rings is 1. The quantitative estimate of drug-likeness (QED) is 0.233.